The second kappa shape index (κ2) is 11.2. The number of hydrogen-bond acceptors (Lipinski definition) is 6. The van der Waals surface area contributed by atoms with Crippen molar-refractivity contribution in [1.29, 1.82) is 0 Å². The van der Waals surface area contributed by atoms with Gasteiger partial charge in [-0.2, -0.15) is 0 Å². The van der Waals surface area contributed by atoms with Crippen LogP contribution in [0.4, 0.5) is 0 Å². The van der Waals surface area contributed by atoms with Crippen LogP contribution in [0.15, 0.2) is 77.4 Å². The molecule has 0 aliphatic carbocycles. The molecule has 0 fully saturated rings. The molecule has 0 unspecified atom stereocenters. The van der Waals surface area contributed by atoms with E-state index in [2.05, 4.69) is 15.6 Å². The van der Waals surface area contributed by atoms with Crippen LogP contribution >= 0.6 is 0 Å². The lowest BCUT2D eigenvalue weighted by atomic mass is 10.1. The topological polar surface area (TPSA) is 102 Å². The second-order valence-corrected chi connectivity index (χ2v) is 7.76. The highest BCUT2D eigenvalue weighted by atomic mass is 16.5. The third-order valence-corrected chi connectivity index (χ3v) is 5.49. The molecule has 34 heavy (non-hydrogen) atoms. The number of hydrogen-bond donors (Lipinski definition) is 1. The fraction of sp³-hybridized carbons (Fsp3) is 0.280. The zero-order valence-electron chi connectivity index (χ0n) is 19.0. The molecule has 1 N–H and O–H groups in total. The number of rotatable bonds is 11. The maximum absolute atomic E-state index is 13.6. The van der Waals surface area contributed by atoms with Crippen LogP contribution in [-0.4, -0.2) is 58.5 Å². The number of carbonyl (C=O) groups is 2. The molecule has 0 aliphatic heterocycles. The Morgan fingerprint density at radius 3 is 2.65 bits per heavy atom. The van der Waals surface area contributed by atoms with Gasteiger partial charge in [0, 0.05) is 20.2 Å². The van der Waals surface area contributed by atoms with Crippen molar-refractivity contribution in [1.82, 2.24) is 25.2 Å². The predicted molar refractivity (Wildman–Crippen MR) is 126 cm³/mol. The summed E-state index contributed by atoms with van der Waals surface area (Å²) < 4.78 is 12.2. The highest BCUT2D eigenvalue weighted by Crippen LogP contribution is 2.23. The van der Waals surface area contributed by atoms with Crippen LogP contribution < -0.4 is 5.32 Å². The van der Waals surface area contributed by atoms with Gasteiger partial charge in [-0.25, -0.2) is 4.68 Å². The number of ether oxygens (including phenoxy) is 1. The lowest BCUT2D eigenvalue weighted by Crippen LogP contribution is -2.46. The van der Waals surface area contributed by atoms with E-state index in [1.54, 1.807) is 28.8 Å². The van der Waals surface area contributed by atoms with E-state index in [0.29, 0.717) is 37.4 Å². The Hall–Kier alpha value is -3.98. The standard InChI is InChI=1S/C25H27N5O4/c1-33-17-14-26-25(32)24(22-12-7-16-34-22)29(15-13-19-8-3-2-4-9-19)23(31)18-30-21-11-6-5-10-20(21)27-28-30/h2-12,16,24H,13-15,17-18H2,1H3,(H,26,32)/t24-/m0/s1. The average Bonchev–Trinajstić information content (AvgIpc) is 3.53. The summed E-state index contributed by atoms with van der Waals surface area (Å²) in [6, 6.07) is 19.7. The van der Waals surface area contributed by atoms with Crippen LogP contribution in [0, 0.1) is 0 Å². The first-order chi connectivity index (χ1) is 16.7. The molecule has 9 heteroatoms. The summed E-state index contributed by atoms with van der Waals surface area (Å²) in [6.45, 7) is 0.941. The van der Waals surface area contributed by atoms with Gasteiger partial charge in [-0.1, -0.05) is 47.7 Å². The predicted octanol–water partition coefficient (Wildman–Crippen LogP) is 2.60. The van der Waals surface area contributed by atoms with Gasteiger partial charge in [-0.15, -0.1) is 5.10 Å². The van der Waals surface area contributed by atoms with Crippen LogP contribution in [0.1, 0.15) is 17.4 Å². The SMILES string of the molecule is COCCNC(=O)[C@H](c1ccco1)N(CCc1ccccc1)C(=O)Cn1nnc2ccccc21. The lowest BCUT2D eigenvalue weighted by Gasteiger charge is -2.30. The Kier molecular flexibility index (Phi) is 7.67. The van der Waals surface area contributed by atoms with Gasteiger partial charge < -0.3 is 19.4 Å². The molecule has 1 atom stereocenters. The molecule has 0 spiro atoms. The molecule has 0 bridgehead atoms. The zero-order chi connectivity index (χ0) is 23.8. The Morgan fingerprint density at radius 2 is 1.88 bits per heavy atom. The third kappa shape index (κ3) is 5.49. The fourth-order valence-electron chi connectivity index (χ4n) is 3.79. The van der Waals surface area contributed by atoms with Gasteiger partial charge in [0.15, 0.2) is 6.04 Å². The summed E-state index contributed by atoms with van der Waals surface area (Å²) in [5.74, 6) is -0.216. The average molecular weight is 462 g/mol. The van der Waals surface area contributed by atoms with E-state index in [9.17, 15) is 9.59 Å². The third-order valence-electron chi connectivity index (χ3n) is 5.49. The van der Waals surface area contributed by atoms with E-state index in [0.717, 1.165) is 11.1 Å². The van der Waals surface area contributed by atoms with Gasteiger partial charge in [0.1, 0.15) is 17.8 Å². The highest BCUT2D eigenvalue weighted by Gasteiger charge is 2.33. The van der Waals surface area contributed by atoms with Crippen molar-refractivity contribution < 1.29 is 18.7 Å². The molecular formula is C25H27N5O4. The zero-order valence-corrected chi connectivity index (χ0v) is 19.0. The molecule has 4 rings (SSSR count). The molecule has 4 aromatic rings. The lowest BCUT2D eigenvalue weighted by molar-refractivity contribution is -0.142. The minimum absolute atomic E-state index is 0.0577. The normalized spacial score (nSPS) is 11.9. The minimum Gasteiger partial charge on any atom is -0.467 e. The van der Waals surface area contributed by atoms with Gasteiger partial charge in [0.2, 0.25) is 5.91 Å². The van der Waals surface area contributed by atoms with Crippen LogP contribution in [0.2, 0.25) is 0 Å². The molecule has 0 aliphatic rings. The molecule has 2 amide bonds. The van der Waals surface area contributed by atoms with Crippen molar-refractivity contribution in [2.75, 3.05) is 26.8 Å². The summed E-state index contributed by atoms with van der Waals surface area (Å²) in [7, 11) is 1.56. The van der Waals surface area contributed by atoms with E-state index in [-0.39, 0.29) is 18.4 Å². The maximum Gasteiger partial charge on any atom is 0.250 e. The largest absolute Gasteiger partial charge is 0.467 e. The Bertz CT molecular complexity index is 1210. The first-order valence-corrected chi connectivity index (χ1v) is 11.1. The Balaban J connectivity index is 1.63. The number of amides is 2. The monoisotopic (exact) mass is 461 g/mol. The number of carbonyl (C=O) groups excluding carboxylic acids is 2. The summed E-state index contributed by atoms with van der Waals surface area (Å²) in [4.78, 5) is 28.4. The highest BCUT2D eigenvalue weighted by molar-refractivity contribution is 5.88. The molecule has 0 radical (unpaired) electrons. The number of benzene rings is 2. The molecule has 0 saturated heterocycles. The summed E-state index contributed by atoms with van der Waals surface area (Å²) in [5.41, 5.74) is 2.51. The van der Waals surface area contributed by atoms with Gasteiger partial charge >= 0.3 is 0 Å². The molecule has 0 saturated carbocycles. The van der Waals surface area contributed by atoms with Crippen LogP contribution in [-0.2, 0) is 27.3 Å². The number of nitrogens with one attached hydrogen (secondary N) is 1. The summed E-state index contributed by atoms with van der Waals surface area (Å²) in [5, 5.41) is 11.1. The van der Waals surface area contributed by atoms with Crippen molar-refractivity contribution in [2.24, 2.45) is 0 Å². The van der Waals surface area contributed by atoms with Gasteiger partial charge in [-0.05, 0) is 36.2 Å². The van der Waals surface area contributed by atoms with Crippen molar-refractivity contribution in [3.63, 3.8) is 0 Å². The van der Waals surface area contributed by atoms with Crippen molar-refractivity contribution in [3.05, 3.63) is 84.3 Å². The minimum atomic E-state index is -0.933. The first kappa shape index (κ1) is 23.2. The maximum atomic E-state index is 13.6. The molecular weight excluding hydrogens is 434 g/mol. The van der Waals surface area contributed by atoms with Crippen molar-refractivity contribution >= 4 is 22.8 Å². The molecule has 9 nitrogen and oxygen atoms in total. The van der Waals surface area contributed by atoms with Crippen molar-refractivity contribution in [2.45, 2.75) is 19.0 Å². The van der Waals surface area contributed by atoms with Crippen LogP contribution in [0.25, 0.3) is 11.0 Å². The van der Waals surface area contributed by atoms with E-state index in [4.69, 9.17) is 9.15 Å². The van der Waals surface area contributed by atoms with Crippen LogP contribution in [0.5, 0.6) is 0 Å². The Labute approximate surface area is 197 Å². The molecule has 2 aromatic carbocycles. The van der Waals surface area contributed by atoms with Crippen LogP contribution in [0.3, 0.4) is 0 Å². The number of methoxy groups -OCH3 is 1. The number of nitrogens with zero attached hydrogens (tertiary/aromatic N) is 4. The summed E-state index contributed by atoms with van der Waals surface area (Å²) in [6.07, 6.45) is 2.07. The van der Waals surface area contributed by atoms with E-state index < -0.39 is 6.04 Å². The number of para-hydroxylation sites is 1. The smallest absolute Gasteiger partial charge is 0.250 e. The van der Waals surface area contributed by atoms with E-state index in [1.165, 1.54) is 6.26 Å². The Morgan fingerprint density at radius 1 is 1.09 bits per heavy atom. The van der Waals surface area contributed by atoms with Gasteiger partial charge in [0.05, 0.1) is 18.4 Å². The number of fused-ring (bicyclic) bond motifs is 1. The van der Waals surface area contributed by atoms with E-state index >= 15 is 0 Å². The molecule has 176 valence electrons. The second-order valence-electron chi connectivity index (χ2n) is 7.76. The molecule has 2 aromatic heterocycles. The van der Waals surface area contributed by atoms with Crippen molar-refractivity contribution in [3.8, 4) is 0 Å². The number of aromatic nitrogens is 3. The number of furan rings is 1. The first-order valence-electron chi connectivity index (χ1n) is 11.1. The quantitative estimate of drug-likeness (QED) is 0.345. The van der Waals surface area contributed by atoms with Gasteiger partial charge in [-0.3, -0.25) is 9.59 Å². The fourth-order valence-corrected chi connectivity index (χ4v) is 3.79. The van der Waals surface area contributed by atoms with Gasteiger partial charge in [0.25, 0.3) is 5.91 Å². The summed E-state index contributed by atoms with van der Waals surface area (Å²) >= 11 is 0. The molecule has 2 heterocycles. The van der Waals surface area contributed by atoms with E-state index in [1.807, 2.05) is 54.6 Å².